The second-order valence-corrected chi connectivity index (χ2v) is 8.01. The maximum absolute atomic E-state index is 13.2. The highest BCUT2D eigenvalue weighted by molar-refractivity contribution is 5.85. The predicted molar refractivity (Wildman–Crippen MR) is 129 cm³/mol. The number of nitrogens with two attached hydrogens (primary N) is 1. The van der Waals surface area contributed by atoms with Crippen LogP contribution in [0, 0.1) is 13.8 Å². The van der Waals surface area contributed by atoms with Crippen molar-refractivity contribution in [3.8, 4) is 22.6 Å². The second kappa shape index (κ2) is 7.90. The van der Waals surface area contributed by atoms with Crippen LogP contribution >= 0.6 is 0 Å². The Hall–Kier alpha value is -4.46. The summed E-state index contributed by atoms with van der Waals surface area (Å²) in [5, 5.41) is 8.07. The number of nitrogens with one attached hydrogen (secondary N) is 1. The van der Waals surface area contributed by atoms with Gasteiger partial charge < -0.3 is 20.1 Å². The molecule has 0 fully saturated rings. The van der Waals surface area contributed by atoms with E-state index in [0.29, 0.717) is 23.1 Å². The fourth-order valence-electron chi connectivity index (χ4n) is 3.84. The Kier molecular flexibility index (Phi) is 4.90. The first kappa shape index (κ1) is 20.4. The Labute approximate surface area is 189 Å². The van der Waals surface area contributed by atoms with E-state index in [0.717, 1.165) is 39.0 Å². The number of rotatable bonds is 4. The van der Waals surface area contributed by atoms with Crippen LogP contribution < -0.4 is 16.6 Å². The highest BCUT2D eigenvalue weighted by Crippen LogP contribution is 2.28. The van der Waals surface area contributed by atoms with Gasteiger partial charge in [-0.15, -0.1) is 0 Å². The van der Waals surface area contributed by atoms with Crippen LogP contribution in [-0.2, 0) is 7.05 Å². The summed E-state index contributed by atoms with van der Waals surface area (Å²) >= 11 is 0. The average Bonchev–Trinajstić information content (AvgIpc) is 3.27. The maximum atomic E-state index is 13.2. The van der Waals surface area contributed by atoms with Crippen molar-refractivity contribution in [1.29, 1.82) is 0 Å². The predicted octanol–water partition coefficient (Wildman–Crippen LogP) is 4.59. The van der Waals surface area contributed by atoms with Gasteiger partial charge in [0.1, 0.15) is 0 Å². The zero-order valence-electron chi connectivity index (χ0n) is 18.5. The van der Waals surface area contributed by atoms with Gasteiger partial charge in [0.2, 0.25) is 0 Å². The smallest absolute Gasteiger partial charge is 0.268 e. The molecule has 5 rings (SSSR count). The standard InChI is InChI=1S/C25H22N6O2/c1-14-7-8-19(28-25-29-23(33-30-25)16-5-4-6-18(26)10-16)12-20(14)21-11-17-13-27-15(2)9-22(17)31(3)24(21)32/h4-13H,26H2,1-3H3,(H,28,30). The normalized spacial score (nSPS) is 11.1. The highest BCUT2D eigenvalue weighted by Gasteiger charge is 2.14. The molecule has 0 saturated heterocycles. The molecule has 3 N–H and O–H groups in total. The number of anilines is 3. The summed E-state index contributed by atoms with van der Waals surface area (Å²) < 4.78 is 7.03. The fraction of sp³-hybridized carbons (Fsp3) is 0.120. The lowest BCUT2D eigenvalue weighted by molar-refractivity contribution is 0.433. The number of aryl methyl sites for hydroxylation is 3. The first-order valence-electron chi connectivity index (χ1n) is 10.4. The second-order valence-electron chi connectivity index (χ2n) is 8.01. The van der Waals surface area contributed by atoms with Crippen LogP contribution in [0.25, 0.3) is 33.5 Å². The topological polar surface area (TPSA) is 112 Å². The molecule has 3 aromatic heterocycles. The molecule has 0 aliphatic carbocycles. The summed E-state index contributed by atoms with van der Waals surface area (Å²) in [6.45, 7) is 3.88. The lowest BCUT2D eigenvalue weighted by atomic mass is 9.99. The molecule has 0 bridgehead atoms. The number of nitrogen functional groups attached to an aromatic ring is 1. The third-order valence-electron chi connectivity index (χ3n) is 5.59. The molecule has 0 aliphatic rings. The molecular weight excluding hydrogens is 416 g/mol. The van der Waals surface area contributed by atoms with Crippen LogP contribution in [0.2, 0.25) is 0 Å². The van der Waals surface area contributed by atoms with Crippen molar-refractivity contribution in [2.75, 3.05) is 11.1 Å². The monoisotopic (exact) mass is 438 g/mol. The molecule has 5 aromatic rings. The van der Waals surface area contributed by atoms with Crippen LogP contribution in [0.15, 0.2) is 70.1 Å². The number of hydrogen-bond acceptors (Lipinski definition) is 7. The largest absolute Gasteiger partial charge is 0.399 e. The third kappa shape index (κ3) is 3.82. The van der Waals surface area contributed by atoms with Crippen molar-refractivity contribution < 1.29 is 4.52 Å². The summed E-state index contributed by atoms with van der Waals surface area (Å²) in [4.78, 5) is 22.0. The van der Waals surface area contributed by atoms with Crippen LogP contribution in [0.3, 0.4) is 0 Å². The van der Waals surface area contributed by atoms with Crippen LogP contribution in [0.5, 0.6) is 0 Å². The van der Waals surface area contributed by atoms with Gasteiger partial charge >= 0.3 is 0 Å². The average molecular weight is 438 g/mol. The number of nitrogens with zero attached hydrogens (tertiary/aromatic N) is 4. The molecule has 0 aliphatic heterocycles. The van der Waals surface area contributed by atoms with E-state index in [1.807, 2.05) is 56.3 Å². The molecule has 2 aromatic carbocycles. The first-order valence-corrected chi connectivity index (χ1v) is 10.4. The van der Waals surface area contributed by atoms with E-state index in [4.69, 9.17) is 10.3 Å². The molecule has 3 heterocycles. The van der Waals surface area contributed by atoms with Gasteiger partial charge in [0.25, 0.3) is 17.4 Å². The van der Waals surface area contributed by atoms with E-state index in [-0.39, 0.29) is 5.56 Å². The lowest BCUT2D eigenvalue weighted by Gasteiger charge is -2.12. The molecule has 0 unspecified atom stereocenters. The highest BCUT2D eigenvalue weighted by atomic mass is 16.5. The fourth-order valence-corrected chi connectivity index (χ4v) is 3.84. The van der Waals surface area contributed by atoms with E-state index in [1.165, 1.54) is 0 Å². The maximum Gasteiger partial charge on any atom is 0.268 e. The molecule has 0 saturated carbocycles. The molecule has 0 atom stereocenters. The molecule has 33 heavy (non-hydrogen) atoms. The lowest BCUT2D eigenvalue weighted by Crippen LogP contribution is -2.19. The Morgan fingerprint density at radius 3 is 2.70 bits per heavy atom. The number of fused-ring (bicyclic) bond motifs is 1. The van der Waals surface area contributed by atoms with Gasteiger partial charge in [0.15, 0.2) is 0 Å². The Balaban J connectivity index is 1.52. The van der Waals surface area contributed by atoms with Crippen LogP contribution in [0.1, 0.15) is 11.3 Å². The van der Waals surface area contributed by atoms with Crippen molar-refractivity contribution in [2.45, 2.75) is 13.8 Å². The number of pyridine rings is 2. The molecule has 0 amide bonds. The summed E-state index contributed by atoms with van der Waals surface area (Å²) in [5.74, 6) is 0.677. The molecule has 0 radical (unpaired) electrons. The summed E-state index contributed by atoms with van der Waals surface area (Å²) in [5.41, 5.74) is 12.0. The SMILES string of the molecule is Cc1cc2c(cn1)cc(-c1cc(Nc3noc(-c4cccc(N)c4)n3)ccc1C)c(=O)n2C. The minimum atomic E-state index is -0.0723. The number of benzene rings is 2. The molecular formula is C25H22N6O2. The zero-order chi connectivity index (χ0) is 23.1. The van der Waals surface area contributed by atoms with Crippen molar-refractivity contribution in [2.24, 2.45) is 7.05 Å². The summed E-state index contributed by atoms with van der Waals surface area (Å²) in [6.07, 6.45) is 1.79. The quantitative estimate of drug-likeness (QED) is 0.395. The van der Waals surface area contributed by atoms with Gasteiger partial charge in [0.05, 0.1) is 5.52 Å². The van der Waals surface area contributed by atoms with Gasteiger partial charge in [0, 0.05) is 46.8 Å². The van der Waals surface area contributed by atoms with Gasteiger partial charge in [-0.3, -0.25) is 9.78 Å². The van der Waals surface area contributed by atoms with E-state index < -0.39 is 0 Å². The van der Waals surface area contributed by atoms with Crippen LogP contribution in [0.4, 0.5) is 17.3 Å². The Bertz CT molecular complexity index is 1570. The van der Waals surface area contributed by atoms with Gasteiger partial charge in [-0.25, -0.2) is 0 Å². The van der Waals surface area contributed by atoms with Crippen molar-refractivity contribution in [1.82, 2.24) is 19.7 Å². The minimum absolute atomic E-state index is 0.0723. The van der Waals surface area contributed by atoms with Gasteiger partial charge in [-0.1, -0.05) is 12.1 Å². The number of aromatic nitrogens is 4. The van der Waals surface area contributed by atoms with E-state index in [9.17, 15) is 4.79 Å². The van der Waals surface area contributed by atoms with E-state index in [1.54, 1.807) is 29.9 Å². The minimum Gasteiger partial charge on any atom is -0.399 e. The molecule has 0 spiro atoms. The summed E-state index contributed by atoms with van der Waals surface area (Å²) in [7, 11) is 1.78. The van der Waals surface area contributed by atoms with E-state index in [2.05, 4.69) is 20.4 Å². The van der Waals surface area contributed by atoms with Gasteiger partial charge in [-0.2, -0.15) is 4.98 Å². The Morgan fingerprint density at radius 1 is 1.03 bits per heavy atom. The third-order valence-corrected chi connectivity index (χ3v) is 5.59. The first-order chi connectivity index (χ1) is 15.9. The van der Waals surface area contributed by atoms with E-state index >= 15 is 0 Å². The molecule has 164 valence electrons. The van der Waals surface area contributed by atoms with Gasteiger partial charge in [-0.05, 0) is 72.6 Å². The summed E-state index contributed by atoms with van der Waals surface area (Å²) in [6, 6.07) is 16.8. The Morgan fingerprint density at radius 2 is 1.88 bits per heavy atom. The molecule has 8 heteroatoms. The molecule has 8 nitrogen and oxygen atoms in total. The van der Waals surface area contributed by atoms with Crippen molar-refractivity contribution in [3.63, 3.8) is 0 Å². The van der Waals surface area contributed by atoms with Crippen LogP contribution in [-0.4, -0.2) is 19.7 Å². The van der Waals surface area contributed by atoms with Crippen molar-refractivity contribution >= 4 is 28.2 Å². The van der Waals surface area contributed by atoms with Crippen molar-refractivity contribution in [3.05, 3.63) is 82.4 Å². The zero-order valence-corrected chi connectivity index (χ0v) is 18.5. The number of hydrogen-bond donors (Lipinski definition) is 2.